The van der Waals surface area contributed by atoms with E-state index in [-0.39, 0.29) is 24.0 Å². The smallest absolute Gasteiger partial charge is 0.230 e. The zero-order valence-electron chi connectivity index (χ0n) is 14.9. The Morgan fingerprint density at radius 1 is 1.27 bits per heavy atom. The van der Waals surface area contributed by atoms with Crippen LogP contribution in [-0.4, -0.2) is 45.7 Å². The standard InChI is InChI=1S/C20H22N4O2/c1-13(15-8-7-14-5-3-4-6-16(14)9-15)20(25)24-11-17(26-2)10-18(24)19-21-12-22-23-19/h3-9,12-13,17-18H,10-11H2,1-2H3,(H,21,22,23)/t13?,17-,18+/m1/s1. The largest absolute Gasteiger partial charge is 0.380 e. The van der Waals surface area contributed by atoms with Gasteiger partial charge in [-0.2, -0.15) is 5.10 Å². The van der Waals surface area contributed by atoms with Crippen molar-refractivity contribution in [3.8, 4) is 0 Å². The van der Waals surface area contributed by atoms with Crippen LogP contribution in [0.2, 0.25) is 0 Å². The molecule has 0 radical (unpaired) electrons. The fourth-order valence-electron chi connectivity index (χ4n) is 3.71. The Morgan fingerprint density at radius 2 is 2.08 bits per heavy atom. The molecular formula is C20H22N4O2. The molecule has 1 aromatic heterocycles. The number of H-pyrrole nitrogens is 1. The molecular weight excluding hydrogens is 328 g/mol. The van der Waals surface area contributed by atoms with E-state index >= 15 is 0 Å². The third-order valence-corrected chi connectivity index (χ3v) is 5.27. The summed E-state index contributed by atoms with van der Waals surface area (Å²) < 4.78 is 5.51. The maximum absolute atomic E-state index is 13.3. The first kappa shape index (κ1) is 16.7. The molecule has 1 unspecified atom stereocenters. The summed E-state index contributed by atoms with van der Waals surface area (Å²) in [4.78, 5) is 19.4. The average Bonchev–Trinajstić information content (AvgIpc) is 3.35. The second-order valence-corrected chi connectivity index (χ2v) is 6.80. The summed E-state index contributed by atoms with van der Waals surface area (Å²) in [5, 5.41) is 9.16. The van der Waals surface area contributed by atoms with E-state index in [0.29, 0.717) is 12.4 Å². The SMILES string of the molecule is CO[C@@H]1C[C@@H](c2ncn[nH]2)N(C(=O)C(C)c2ccc3ccccc3c2)C1. The molecule has 1 saturated heterocycles. The molecule has 1 aliphatic heterocycles. The van der Waals surface area contributed by atoms with Gasteiger partial charge in [0.15, 0.2) is 0 Å². The Balaban J connectivity index is 1.61. The molecule has 0 aliphatic carbocycles. The van der Waals surface area contributed by atoms with Crippen LogP contribution < -0.4 is 0 Å². The van der Waals surface area contributed by atoms with E-state index in [4.69, 9.17) is 4.74 Å². The lowest BCUT2D eigenvalue weighted by Gasteiger charge is -2.26. The number of ether oxygens (including phenoxy) is 1. The highest BCUT2D eigenvalue weighted by molar-refractivity contribution is 5.88. The van der Waals surface area contributed by atoms with Gasteiger partial charge in [-0.25, -0.2) is 4.98 Å². The molecule has 0 saturated carbocycles. The van der Waals surface area contributed by atoms with Crippen LogP contribution in [0.1, 0.15) is 36.7 Å². The fourth-order valence-corrected chi connectivity index (χ4v) is 3.71. The van der Waals surface area contributed by atoms with Crippen molar-refractivity contribution in [1.82, 2.24) is 20.1 Å². The van der Waals surface area contributed by atoms with Gasteiger partial charge in [-0.3, -0.25) is 9.89 Å². The topological polar surface area (TPSA) is 71.1 Å². The number of hydrogen-bond donors (Lipinski definition) is 1. The monoisotopic (exact) mass is 350 g/mol. The molecule has 3 atom stereocenters. The average molecular weight is 350 g/mol. The first-order valence-corrected chi connectivity index (χ1v) is 8.84. The van der Waals surface area contributed by atoms with Gasteiger partial charge in [-0.05, 0) is 23.3 Å². The first-order chi connectivity index (χ1) is 12.7. The number of carbonyl (C=O) groups is 1. The number of methoxy groups -OCH3 is 1. The molecule has 26 heavy (non-hydrogen) atoms. The quantitative estimate of drug-likeness (QED) is 0.785. The number of likely N-dealkylation sites (tertiary alicyclic amines) is 1. The van der Waals surface area contributed by atoms with E-state index in [9.17, 15) is 4.79 Å². The van der Waals surface area contributed by atoms with Crippen molar-refractivity contribution < 1.29 is 9.53 Å². The van der Waals surface area contributed by atoms with Gasteiger partial charge < -0.3 is 9.64 Å². The molecule has 1 aliphatic rings. The third-order valence-electron chi connectivity index (χ3n) is 5.27. The molecule has 0 bridgehead atoms. The lowest BCUT2D eigenvalue weighted by Crippen LogP contribution is -2.35. The number of carbonyl (C=O) groups excluding carboxylic acids is 1. The maximum Gasteiger partial charge on any atom is 0.230 e. The Morgan fingerprint density at radius 3 is 2.81 bits per heavy atom. The molecule has 4 rings (SSSR count). The number of benzene rings is 2. The number of hydrogen-bond acceptors (Lipinski definition) is 4. The highest BCUT2D eigenvalue weighted by Gasteiger charge is 2.39. The molecule has 1 fully saturated rings. The molecule has 6 nitrogen and oxygen atoms in total. The third kappa shape index (κ3) is 2.97. The summed E-state index contributed by atoms with van der Waals surface area (Å²) in [5.41, 5.74) is 1.02. The van der Waals surface area contributed by atoms with Gasteiger partial charge in [-0.15, -0.1) is 0 Å². The van der Waals surface area contributed by atoms with Crippen molar-refractivity contribution in [2.75, 3.05) is 13.7 Å². The van der Waals surface area contributed by atoms with Crippen LogP contribution in [-0.2, 0) is 9.53 Å². The van der Waals surface area contributed by atoms with Gasteiger partial charge in [0.1, 0.15) is 12.2 Å². The summed E-state index contributed by atoms with van der Waals surface area (Å²) in [5.74, 6) is 0.561. The predicted octanol–water partition coefficient (Wildman–Crippen LogP) is 3.05. The molecule has 2 aromatic carbocycles. The number of amides is 1. The van der Waals surface area contributed by atoms with Crippen molar-refractivity contribution in [2.45, 2.75) is 31.4 Å². The first-order valence-electron chi connectivity index (χ1n) is 8.84. The van der Waals surface area contributed by atoms with Crippen molar-refractivity contribution in [1.29, 1.82) is 0 Å². The summed E-state index contributed by atoms with van der Waals surface area (Å²) in [7, 11) is 1.68. The molecule has 134 valence electrons. The van der Waals surface area contributed by atoms with Crippen molar-refractivity contribution in [3.05, 3.63) is 60.2 Å². The molecule has 3 aromatic rings. The molecule has 6 heteroatoms. The lowest BCUT2D eigenvalue weighted by atomic mass is 9.96. The second kappa shape index (κ2) is 6.88. The Hall–Kier alpha value is -2.73. The van der Waals surface area contributed by atoms with Crippen LogP contribution in [0.15, 0.2) is 48.8 Å². The van der Waals surface area contributed by atoms with Crippen molar-refractivity contribution in [3.63, 3.8) is 0 Å². The van der Waals surface area contributed by atoms with Crippen LogP contribution in [0.25, 0.3) is 10.8 Å². The fraction of sp³-hybridized carbons (Fsp3) is 0.350. The second-order valence-electron chi connectivity index (χ2n) is 6.80. The number of rotatable bonds is 4. The zero-order valence-corrected chi connectivity index (χ0v) is 14.9. The number of aromatic amines is 1. The summed E-state index contributed by atoms with van der Waals surface area (Å²) in [6.45, 7) is 2.53. The number of fused-ring (bicyclic) bond motifs is 1. The van der Waals surface area contributed by atoms with Crippen LogP contribution in [0.3, 0.4) is 0 Å². The Kier molecular flexibility index (Phi) is 4.42. The van der Waals surface area contributed by atoms with E-state index in [0.717, 1.165) is 17.4 Å². The zero-order chi connectivity index (χ0) is 18.1. The lowest BCUT2D eigenvalue weighted by molar-refractivity contribution is -0.133. The van der Waals surface area contributed by atoms with Gasteiger partial charge in [0.05, 0.1) is 18.1 Å². The summed E-state index contributed by atoms with van der Waals surface area (Å²) >= 11 is 0. The number of nitrogens with zero attached hydrogens (tertiary/aromatic N) is 3. The minimum absolute atomic E-state index is 0.0119. The van der Waals surface area contributed by atoms with Crippen LogP contribution in [0.5, 0.6) is 0 Å². The summed E-state index contributed by atoms with van der Waals surface area (Å²) in [6, 6.07) is 14.3. The Bertz CT molecular complexity index is 909. The van der Waals surface area contributed by atoms with Crippen LogP contribution >= 0.6 is 0 Å². The van der Waals surface area contributed by atoms with Crippen LogP contribution in [0.4, 0.5) is 0 Å². The van der Waals surface area contributed by atoms with E-state index < -0.39 is 0 Å². The van der Waals surface area contributed by atoms with Crippen LogP contribution in [0, 0.1) is 0 Å². The van der Waals surface area contributed by atoms with Gasteiger partial charge in [0, 0.05) is 20.1 Å². The summed E-state index contributed by atoms with van der Waals surface area (Å²) in [6.07, 6.45) is 2.21. The van der Waals surface area contributed by atoms with Crippen molar-refractivity contribution >= 4 is 16.7 Å². The van der Waals surface area contributed by atoms with Crippen molar-refractivity contribution in [2.24, 2.45) is 0 Å². The van der Waals surface area contributed by atoms with Gasteiger partial charge in [0.2, 0.25) is 5.91 Å². The van der Waals surface area contributed by atoms with E-state index in [1.165, 1.54) is 11.7 Å². The van der Waals surface area contributed by atoms with Gasteiger partial charge >= 0.3 is 0 Å². The van der Waals surface area contributed by atoms with Gasteiger partial charge in [-0.1, -0.05) is 42.5 Å². The Labute approximate surface area is 152 Å². The van der Waals surface area contributed by atoms with E-state index in [1.807, 2.05) is 30.0 Å². The highest BCUT2D eigenvalue weighted by Crippen LogP contribution is 2.34. The van der Waals surface area contributed by atoms with E-state index in [2.05, 4.69) is 39.4 Å². The number of aromatic nitrogens is 3. The highest BCUT2D eigenvalue weighted by atomic mass is 16.5. The molecule has 2 heterocycles. The normalized spacial score (nSPS) is 21.2. The molecule has 1 amide bonds. The van der Waals surface area contributed by atoms with Gasteiger partial charge in [0.25, 0.3) is 0 Å². The minimum atomic E-state index is -0.236. The van der Waals surface area contributed by atoms with E-state index in [1.54, 1.807) is 7.11 Å². The predicted molar refractivity (Wildman–Crippen MR) is 98.6 cm³/mol. The molecule has 1 N–H and O–H groups in total. The minimum Gasteiger partial charge on any atom is -0.380 e. The number of nitrogens with one attached hydrogen (secondary N) is 1. The maximum atomic E-state index is 13.3. The molecule has 0 spiro atoms.